The van der Waals surface area contributed by atoms with Crippen LogP contribution >= 0.6 is 23.2 Å². The van der Waals surface area contributed by atoms with Crippen molar-refractivity contribution in [2.24, 2.45) is 0 Å². The minimum absolute atomic E-state index is 0.0936. The highest BCUT2D eigenvalue weighted by Crippen LogP contribution is 2.34. The first kappa shape index (κ1) is 19.5. The van der Waals surface area contributed by atoms with Gasteiger partial charge in [-0.05, 0) is 49.2 Å². The third-order valence-corrected chi connectivity index (χ3v) is 5.94. The van der Waals surface area contributed by atoms with Crippen molar-refractivity contribution in [2.45, 2.75) is 18.7 Å². The van der Waals surface area contributed by atoms with Gasteiger partial charge in [-0.3, -0.25) is 9.52 Å². The molecule has 2 aromatic rings. The second kappa shape index (κ2) is 7.61. The molecule has 0 spiro atoms. The van der Waals surface area contributed by atoms with Crippen LogP contribution in [0, 0.1) is 13.8 Å². The van der Waals surface area contributed by atoms with Crippen LogP contribution in [0.1, 0.15) is 11.1 Å². The molecule has 1 amide bonds. The average molecular weight is 403 g/mol. The molecule has 0 aromatic heterocycles. The first-order chi connectivity index (χ1) is 11.7. The molecule has 9 heteroatoms. The summed E-state index contributed by atoms with van der Waals surface area (Å²) >= 11 is 12.3. The number of amides is 1. The van der Waals surface area contributed by atoms with E-state index in [0.717, 1.165) is 0 Å². The van der Waals surface area contributed by atoms with Crippen molar-refractivity contribution in [3.63, 3.8) is 0 Å². The Kier molecular flexibility index (Phi) is 5.95. The molecular formula is C16H16Cl2N2O4S. The number of halogens is 2. The molecule has 25 heavy (non-hydrogen) atoms. The molecule has 0 fully saturated rings. The number of anilines is 2. The molecule has 0 radical (unpaired) electrons. The van der Waals surface area contributed by atoms with Gasteiger partial charge in [0.05, 0.1) is 10.7 Å². The maximum atomic E-state index is 12.8. The first-order valence-electron chi connectivity index (χ1n) is 7.14. The summed E-state index contributed by atoms with van der Waals surface area (Å²) in [6, 6.07) is 7.66. The number of carbonyl (C=O) groups is 1. The minimum Gasteiger partial charge on any atom is -0.387 e. The molecule has 3 N–H and O–H groups in total. The molecule has 0 aliphatic rings. The Morgan fingerprint density at radius 1 is 1.16 bits per heavy atom. The van der Waals surface area contributed by atoms with Crippen molar-refractivity contribution in [3.05, 3.63) is 51.5 Å². The molecule has 0 atom stereocenters. The van der Waals surface area contributed by atoms with Gasteiger partial charge in [0.15, 0.2) is 0 Å². The summed E-state index contributed by atoms with van der Waals surface area (Å²) in [5, 5.41) is 11.6. The number of hydrogen-bond acceptors (Lipinski definition) is 4. The van der Waals surface area contributed by atoms with E-state index in [-0.39, 0.29) is 15.6 Å². The van der Waals surface area contributed by atoms with E-state index in [1.807, 2.05) is 0 Å². The van der Waals surface area contributed by atoms with Crippen LogP contribution in [0.25, 0.3) is 0 Å². The number of aliphatic hydroxyl groups is 1. The van der Waals surface area contributed by atoms with E-state index in [2.05, 4.69) is 10.0 Å². The quantitative estimate of drug-likeness (QED) is 0.714. The lowest BCUT2D eigenvalue weighted by Crippen LogP contribution is -2.17. The van der Waals surface area contributed by atoms with Crippen molar-refractivity contribution in [2.75, 3.05) is 16.6 Å². The van der Waals surface area contributed by atoms with Gasteiger partial charge in [-0.2, -0.15) is 0 Å². The van der Waals surface area contributed by atoms with Crippen LogP contribution in [0.5, 0.6) is 0 Å². The van der Waals surface area contributed by atoms with Crippen LogP contribution in [0.2, 0.25) is 10.0 Å². The van der Waals surface area contributed by atoms with Crippen molar-refractivity contribution in [1.82, 2.24) is 0 Å². The standard InChI is InChI=1S/C16H16Cl2N2O4S/c1-9-6-13(17)10(2)16(15(9)18)25(23,24)20-12-5-3-4-11(7-12)19-14(22)8-21/h3-7,20-21H,8H2,1-2H3,(H,19,22). The number of aliphatic hydroxyl groups excluding tert-OH is 1. The molecule has 0 bridgehead atoms. The van der Waals surface area contributed by atoms with E-state index in [0.29, 0.717) is 21.8 Å². The van der Waals surface area contributed by atoms with Crippen LogP contribution in [-0.4, -0.2) is 26.0 Å². The van der Waals surface area contributed by atoms with Gasteiger partial charge in [-0.15, -0.1) is 0 Å². The minimum atomic E-state index is -4.00. The van der Waals surface area contributed by atoms with Gasteiger partial charge in [0.2, 0.25) is 5.91 Å². The second-order valence-electron chi connectivity index (χ2n) is 5.34. The molecule has 2 rings (SSSR count). The molecule has 2 aromatic carbocycles. The Morgan fingerprint density at radius 2 is 1.80 bits per heavy atom. The van der Waals surface area contributed by atoms with Crippen molar-refractivity contribution in [3.8, 4) is 0 Å². The Balaban J connectivity index is 2.41. The lowest BCUT2D eigenvalue weighted by molar-refractivity contribution is -0.118. The molecule has 0 saturated heterocycles. The van der Waals surface area contributed by atoms with E-state index in [4.69, 9.17) is 28.3 Å². The van der Waals surface area contributed by atoms with Crippen LogP contribution < -0.4 is 10.0 Å². The number of carbonyl (C=O) groups excluding carboxylic acids is 1. The third-order valence-electron chi connectivity index (χ3n) is 3.40. The maximum Gasteiger partial charge on any atom is 0.263 e. The molecule has 0 aliphatic carbocycles. The summed E-state index contributed by atoms with van der Waals surface area (Å²) in [6.07, 6.45) is 0. The Labute approximate surface area is 155 Å². The predicted molar refractivity (Wildman–Crippen MR) is 98.9 cm³/mol. The summed E-state index contributed by atoms with van der Waals surface area (Å²) in [4.78, 5) is 11.1. The summed E-state index contributed by atoms with van der Waals surface area (Å²) in [5.41, 5.74) is 1.45. The Morgan fingerprint density at radius 3 is 2.44 bits per heavy atom. The molecule has 0 unspecified atom stereocenters. The summed E-state index contributed by atoms with van der Waals surface area (Å²) in [7, 11) is -4.00. The van der Waals surface area contributed by atoms with Gasteiger partial charge in [0, 0.05) is 10.7 Å². The normalized spacial score (nSPS) is 11.2. The van der Waals surface area contributed by atoms with Gasteiger partial charge in [-0.25, -0.2) is 8.42 Å². The van der Waals surface area contributed by atoms with Gasteiger partial charge in [0.1, 0.15) is 11.5 Å². The first-order valence-corrected chi connectivity index (χ1v) is 9.38. The highest BCUT2D eigenvalue weighted by Gasteiger charge is 2.24. The summed E-state index contributed by atoms with van der Waals surface area (Å²) < 4.78 is 27.9. The fourth-order valence-corrected chi connectivity index (χ4v) is 4.46. The molecule has 6 nitrogen and oxygen atoms in total. The predicted octanol–water partition coefficient (Wildman–Crippen LogP) is 3.34. The van der Waals surface area contributed by atoms with Gasteiger partial charge in [-0.1, -0.05) is 29.3 Å². The smallest absolute Gasteiger partial charge is 0.263 e. The molecular weight excluding hydrogens is 387 g/mol. The number of hydrogen-bond donors (Lipinski definition) is 3. The fraction of sp³-hybridized carbons (Fsp3) is 0.188. The molecule has 0 heterocycles. The molecule has 0 aliphatic heterocycles. The van der Waals surface area contributed by atoms with E-state index in [1.165, 1.54) is 12.1 Å². The maximum absolute atomic E-state index is 12.8. The van der Waals surface area contributed by atoms with Gasteiger partial charge < -0.3 is 10.4 Å². The molecule has 134 valence electrons. The number of benzene rings is 2. The number of nitrogens with one attached hydrogen (secondary N) is 2. The zero-order chi connectivity index (χ0) is 18.8. The zero-order valence-electron chi connectivity index (χ0n) is 13.4. The highest BCUT2D eigenvalue weighted by molar-refractivity contribution is 7.93. The summed E-state index contributed by atoms with van der Waals surface area (Å²) in [6.45, 7) is 2.56. The van der Waals surface area contributed by atoms with Gasteiger partial charge >= 0.3 is 0 Å². The average Bonchev–Trinajstić information content (AvgIpc) is 2.52. The fourth-order valence-electron chi connectivity index (χ4n) is 2.20. The summed E-state index contributed by atoms with van der Waals surface area (Å²) in [5.74, 6) is -0.607. The van der Waals surface area contributed by atoms with E-state index >= 15 is 0 Å². The number of rotatable bonds is 5. The highest BCUT2D eigenvalue weighted by atomic mass is 35.5. The van der Waals surface area contributed by atoms with Crippen molar-refractivity contribution < 1.29 is 18.3 Å². The number of aryl methyl sites for hydroxylation is 1. The van der Waals surface area contributed by atoms with Crippen LogP contribution in [0.15, 0.2) is 35.2 Å². The lowest BCUT2D eigenvalue weighted by Gasteiger charge is -2.15. The SMILES string of the molecule is Cc1cc(Cl)c(C)c(S(=O)(=O)Nc2cccc(NC(=O)CO)c2)c1Cl. The van der Waals surface area contributed by atoms with Crippen LogP contribution in [0.4, 0.5) is 11.4 Å². The van der Waals surface area contributed by atoms with E-state index in [9.17, 15) is 13.2 Å². The third kappa shape index (κ3) is 4.43. The monoisotopic (exact) mass is 402 g/mol. The Hall–Kier alpha value is -1.80. The van der Waals surface area contributed by atoms with E-state index in [1.54, 1.807) is 32.0 Å². The second-order valence-corrected chi connectivity index (χ2v) is 7.74. The van der Waals surface area contributed by atoms with E-state index < -0.39 is 22.5 Å². The lowest BCUT2D eigenvalue weighted by atomic mass is 10.2. The molecule has 0 saturated carbocycles. The van der Waals surface area contributed by atoms with Crippen molar-refractivity contribution in [1.29, 1.82) is 0 Å². The zero-order valence-corrected chi connectivity index (χ0v) is 15.8. The van der Waals surface area contributed by atoms with Crippen LogP contribution in [0.3, 0.4) is 0 Å². The Bertz CT molecular complexity index is 904. The van der Waals surface area contributed by atoms with Crippen molar-refractivity contribution >= 4 is 50.5 Å². The topological polar surface area (TPSA) is 95.5 Å². The largest absolute Gasteiger partial charge is 0.387 e. The van der Waals surface area contributed by atoms with Crippen LogP contribution in [-0.2, 0) is 14.8 Å². The number of sulfonamides is 1. The van der Waals surface area contributed by atoms with Gasteiger partial charge in [0.25, 0.3) is 10.0 Å².